The lowest BCUT2D eigenvalue weighted by molar-refractivity contribution is -0.116. The van der Waals surface area contributed by atoms with Crippen molar-refractivity contribution in [1.82, 2.24) is 0 Å². The Morgan fingerprint density at radius 1 is 1.26 bits per heavy atom. The first kappa shape index (κ1) is 15.1. The molecule has 0 saturated heterocycles. The van der Waals surface area contributed by atoms with E-state index in [4.69, 9.17) is 4.74 Å². The van der Waals surface area contributed by atoms with E-state index in [1.807, 2.05) is 49.4 Å². The Kier molecular flexibility index (Phi) is 4.28. The number of carbonyl (C=O) groups excluding carboxylic acids is 2. The summed E-state index contributed by atoms with van der Waals surface area (Å²) in [6.45, 7) is 2.44. The Labute approximate surface area is 134 Å². The van der Waals surface area contributed by atoms with E-state index in [1.54, 1.807) is 0 Å². The molecular formula is C18H18N2O3. The maximum Gasteiger partial charge on any atom is 0.228 e. The third kappa shape index (κ3) is 3.51. The number of nitrogens with one attached hydrogen (secondary N) is 2. The van der Waals surface area contributed by atoms with E-state index in [9.17, 15) is 9.59 Å². The highest BCUT2D eigenvalue weighted by atomic mass is 16.5. The van der Waals surface area contributed by atoms with Gasteiger partial charge in [0.1, 0.15) is 5.75 Å². The van der Waals surface area contributed by atoms with Gasteiger partial charge in [-0.3, -0.25) is 9.59 Å². The lowest BCUT2D eigenvalue weighted by Crippen LogP contribution is -2.15. The van der Waals surface area contributed by atoms with Crippen LogP contribution < -0.4 is 15.4 Å². The second-order valence-corrected chi connectivity index (χ2v) is 5.37. The fourth-order valence-corrected chi connectivity index (χ4v) is 2.62. The van der Waals surface area contributed by atoms with Crippen molar-refractivity contribution >= 4 is 23.2 Å². The highest BCUT2D eigenvalue weighted by molar-refractivity contribution is 5.99. The van der Waals surface area contributed by atoms with Crippen LogP contribution in [-0.4, -0.2) is 18.4 Å². The summed E-state index contributed by atoms with van der Waals surface area (Å²) in [5.41, 5.74) is 3.32. The van der Waals surface area contributed by atoms with Gasteiger partial charge in [-0.1, -0.05) is 24.3 Å². The van der Waals surface area contributed by atoms with Crippen molar-refractivity contribution in [2.75, 3.05) is 17.2 Å². The number of carbonyl (C=O) groups is 2. The van der Waals surface area contributed by atoms with E-state index < -0.39 is 0 Å². The largest absolute Gasteiger partial charge is 0.492 e. The first-order valence-corrected chi connectivity index (χ1v) is 7.59. The van der Waals surface area contributed by atoms with Crippen LogP contribution in [0.25, 0.3) is 0 Å². The fourth-order valence-electron chi connectivity index (χ4n) is 2.62. The van der Waals surface area contributed by atoms with E-state index in [2.05, 4.69) is 10.6 Å². The van der Waals surface area contributed by atoms with Crippen molar-refractivity contribution in [3.8, 4) is 5.75 Å². The van der Waals surface area contributed by atoms with Crippen molar-refractivity contribution in [1.29, 1.82) is 0 Å². The average Bonchev–Trinajstić information content (AvgIpc) is 2.89. The zero-order chi connectivity index (χ0) is 16.2. The maximum atomic E-state index is 12.3. The van der Waals surface area contributed by atoms with Crippen molar-refractivity contribution < 1.29 is 14.3 Å². The van der Waals surface area contributed by atoms with Gasteiger partial charge in [-0.15, -0.1) is 0 Å². The molecule has 1 heterocycles. The average molecular weight is 310 g/mol. The molecule has 5 nitrogen and oxygen atoms in total. The van der Waals surface area contributed by atoms with Gasteiger partial charge in [0.05, 0.1) is 25.1 Å². The minimum absolute atomic E-state index is 0.00718. The van der Waals surface area contributed by atoms with Crippen LogP contribution in [0, 0.1) is 0 Å². The lowest BCUT2D eigenvalue weighted by Gasteiger charge is -2.11. The molecule has 2 aromatic carbocycles. The molecule has 5 heteroatoms. The van der Waals surface area contributed by atoms with Crippen LogP contribution in [0.5, 0.6) is 5.75 Å². The van der Waals surface area contributed by atoms with Gasteiger partial charge in [0, 0.05) is 5.69 Å². The van der Waals surface area contributed by atoms with E-state index in [1.165, 1.54) is 0 Å². The SMILES string of the molecule is CCOc1ccccc1NC(=O)Cc1ccc2c(c1)CC(=O)N2. The predicted molar refractivity (Wildman–Crippen MR) is 88.7 cm³/mol. The van der Waals surface area contributed by atoms with Crippen LogP contribution in [0.3, 0.4) is 0 Å². The van der Waals surface area contributed by atoms with Crippen molar-refractivity contribution in [3.05, 3.63) is 53.6 Å². The molecule has 0 radical (unpaired) electrons. The standard InChI is InChI=1S/C18H18N2O3/c1-2-23-16-6-4-3-5-15(16)20-17(21)10-12-7-8-14-13(9-12)11-18(22)19-14/h3-9H,2,10-11H2,1H3,(H,19,22)(H,20,21). The molecule has 0 fully saturated rings. The van der Waals surface area contributed by atoms with Crippen LogP contribution in [0.1, 0.15) is 18.1 Å². The van der Waals surface area contributed by atoms with Gasteiger partial charge in [-0.25, -0.2) is 0 Å². The number of benzene rings is 2. The molecule has 1 aliphatic rings. The number of amides is 2. The van der Waals surface area contributed by atoms with Crippen LogP contribution in [0.4, 0.5) is 11.4 Å². The van der Waals surface area contributed by atoms with Crippen LogP contribution in [-0.2, 0) is 22.4 Å². The molecule has 3 rings (SSSR count). The first-order chi connectivity index (χ1) is 11.2. The fraction of sp³-hybridized carbons (Fsp3) is 0.222. The first-order valence-electron chi connectivity index (χ1n) is 7.59. The Hall–Kier alpha value is -2.82. The molecule has 0 bridgehead atoms. The van der Waals surface area contributed by atoms with Gasteiger partial charge in [-0.2, -0.15) is 0 Å². The monoisotopic (exact) mass is 310 g/mol. The molecule has 0 aromatic heterocycles. The predicted octanol–water partition coefficient (Wildman–Crippen LogP) is 2.76. The van der Waals surface area contributed by atoms with Crippen LogP contribution in [0.15, 0.2) is 42.5 Å². The number of fused-ring (bicyclic) bond motifs is 1. The summed E-state index contributed by atoms with van der Waals surface area (Å²) in [6, 6.07) is 13.0. The molecule has 0 aliphatic carbocycles. The molecule has 0 atom stereocenters. The van der Waals surface area contributed by atoms with Gasteiger partial charge in [0.15, 0.2) is 0 Å². The van der Waals surface area contributed by atoms with Crippen molar-refractivity contribution in [2.24, 2.45) is 0 Å². The summed E-state index contributed by atoms with van der Waals surface area (Å²) in [7, 11) is 0. The Morgan fingerprint density at radius 3 is 2.91 bits per heavy atom. The second-order valence-electron chi connectivity index (χ2n) is 5.37. The second kappa shape index (κ2) is 6.52. The van der Waals surface area contributed by atoms with E-state index in [0.29, 0.717) is 24.5 Å². The molecule has 2 N–H and O–H groups in total. The van der Waals surface area contributed by atoms with Gasteiger partial charge in [0.2, 0.25) is 11.8 Å². The highest BCUT2D eigenvalue weighted by Crippen LogP contribution is 2.26. The number of para-hydroxylation sites is 2. The van der Waals surface area contributed by atoms with Gasteiger partial charge in [-0.05, 0) is 36.2 Å². The summed E-state index contributed by atoms with van der Waals surface area (Å²) in [4.78, 5) is 23.6. The van der Waals surface area contributed by atoms with Gasteiger partial charge >= 0.3 is 0 Å². The number of anilines is 2. The van der Waals surface area contributed by atoms with Crippen molar-refractivity contribution in [3.63, 3.8) is 0 Å². The third-order valence-electron chi connectivity index (χ3n) is 3.62. The topological polar surface area (TPSA) is 67.4 Å². The summed E-state index contributed by atoms with van der Waals surface area (Å²) in [6.07, 6.45) is 0.625. The zero-order valence-electron chi connectivity index (χ0n) is 12.9. The number of ether oxygens (including phenoxy) is 1. The Bertz CT molecular complexity index is 756. The molecule has 0 unspecified atom stereocenters. The molecule has 2 amide bonds. The van der Waals surface area contributed by atoms with Gasteiger partial charge in [0.25, 0.3) is 0 Å². The summed E-state index contributed by atoms with van der Waals surface area (Å²) >= 11 is 0. The summed E-state index contributed by atoms with van der Waals surface area (Å²) < 4.78 is 5.50. The maximum absolute atomic E-state index is 12.3. The Balaban J connectivity index is 1.69. The van der Waals surface area contributed by atoms with Crippen LogP contribution >= 0.6 is 0 Å². The molecular weight excluding hydrogens is 292 g/mol. The van der Waals surface area contributed by atoms with Crippen molar-refractivity contribution in [2.45, 2.75) is 19.8 Å². The molecule has 118 valence electrons. The summed E-state index contributed by atoms with van der Waals surface area (Å²) in [5.74, 6) is 0.536. The van der Waals surface area contributed by atoms with E-state index in [0.717, 1.165) is 16.8 Å². The number of hydrogen-bond donors (Lipinski definition) is 2. The molecule has 1 aliphatic heterocycles. The zero-order valence-corrected chi connectivity index (χ0v) is 12.9. The highest BCUT2D eigenvalue weighted by Gasteiger charge is 2.18. The third-order valence-corrected chi connectivity index (χ3v) is 3.62. The molecule has 0 saturated carbocycles. The van der Waals surface area contributed by atoms with E-state index in [-0.39, 0.29) is 18.2 Å². The minimum atomic E-state index is -0.116. The Morgan fingerprint density at radius 2 is 2.09 bits per heavy atom. The lowest BCUT2D eigenvalue weighted by atomic mass is 10.1. The number of rotatable bonds is 5. The quantitative estimate of drug-likeness (QED) is 0.892. The normalized spacial score (nSPS) is 12.5. The van der Waals surface area contributed by atoms with Gasteiger partial charge < -0.3 is 15.4 Å². The minimum Gasteiger partial charge on any atom is -0.492 e. The van der Waals surface area contributed by atoms with E-state index >= 15 is 0 Å². The molecule has 23 heavy (non-hydrogen) atoms. The smallest absolute Gasteiger partial charge is 0.228 e. The molecule has 0 spiro atoms. The van der Waals surface area contributed by atoms with Crippen LogP contribution in [0.2, 0.25) is 0 Å². The molecule has 2 aromatic rings. The number of hydrogen-bond acceptors (Lipinski definition) is 3. The summed E-state index contributed by atoms with van der Waals surface area (Å²) in [5, 5.41) is 5.66.